The van der Waals surface area contributed by atoms with Gasteiger partial charge in [-0.25, -0.2) is 0 Å². The monoisotopic (exact) mass is 345 g/mol. The van der Waals surface area contributed by atoms with Gasteiger partial charge in [-0.15, -0.1) is 0 Å². The molecule has 1 unspecified atom stereocenters. The van der Waals surface area contributed by atoms with Gasteiger partial charge in [0, 0.05) is 4.47 Å². The summed E-state index contributed by atoms with van der Waals surface area (Å²) in [4.78, 5) is 12.2. The van der Waals surface area contributed by atoms with Gasteiger partial charge in [0.15, 0.2) is 0 Å². The highest BCUT2D eigenvalue weighted by Crippen LogP contribution is 2.17. The van der Waals surface area contributed by atoms with Crippen molar-refractivity contribution >= 4 is 21.8 Å². The Hall–Kier alpha value is -1.61. The third kappa shape index (κ3) is 4.43. The number of benzene rings is 2. The van der Waals surface area contributed by atoms with E-state index in [-0.39, 0.29) is 11.9 Å². The van der Waals surface area contributed by atoms with Crippen LogP contribution in [0.25, 0.3) is 0 Å². The number of carbonyl (C=O) groups excluding carboxylic acids is 1. The first-order valence-corrected chi connectivity index (χ1v) is 7.86. The largest absolute Gasteiger partial charge is 0.349 e. The van der Waals surface area contributed by atoms with E-state index in [0.29, 0.717) is 6.42 Å². The standard InChI is InChI=1S/C18H20BrNO/c1-12-4-5-13(2)16(10-12)11-18(21)20-14(3)15-6-8-17(19)9-7-15/h4-10,14H,11H2,1-3H3,(H,20,21). The summed E-state index contributed by atoms with van der Waals surface area (Å²) in [5, 5.41) is 3.06. The average Bonchev–Trinajstić information content (AvgIpc) is 2.43. The van der Waals surface area contributed by atoms with E-state index in [2.05, 4.69) is 39.4 Å². The molecule has 1 atom stereocenters. The lowest BCUT2D eigenvalue weighted by molar-refractivity contribution is -0.121. The Morgan fingerprint density at radius 1 is 1.14 bits per heavy atom. The molecule has 110 valence electrons. The molecule has 0 aliphatic rings. The van der Waals surface area contributed by atoms with Crippen molar-refractivity contribution in [2.45, 2.75) is 33.2 Å². The van der Waals surface area contributed by atoms with Crippen LogP contribution >= 0.6 is 15.9 Å². The molecule has 0 saturated heterocycles. The predicted octanol–water partition coefficient (Wildman–Crippen LogP) is 4.49. The minimum atomic E-state index is 0.00992. The van der Waals surface area contributed by atoms with Crippen molar-refractivity contribution in [1.29, 1.82) is 0 Å². The quantitative estimate of drug-likeness (QED) is 0.869. The predicted molar refractivity (Wildman–Crippen MR) is 90.3 cm³/mol. The van der Waals surface area contributed by atoms with Gasteiger partial charge in [-0.3, -0.25) is 4.79 Å². The SMILES string of the molecule is Cc1ccc(C)c(CC(=O)NC(C)c2ccc(Br)cc2)c1. The molecule has 0 saturated carbocycles. The summed E-state index contributed by atoms with van der Waals surface area (Å²) in [6.45, 7) is 6.09. The van der Waals surface area contributed by atoms with E-state index in [1.54, 1.807) is 0 Å². The molecule has 2 nitrogen and oxygen atoms in total. The van der Waals surface area contributed by atoms with Crippen molar-refractivity contribution in [1.82, 2.24) is 5.32 Å². The highest BCUT2D eigenvalue weighted by Gasteiger charge is 2.11. The van der Waals surface area contributed by atoms with Gasteiger partial charge in [-0.1, -0.05) is 51.8 Å². The summed E-state index contributed by atoms with van der Waals surface area (Å²) >= 11 is 3.42. The second kappa shape index (κ2) is 6.90. The maximum absolute atomic E-state index is 12.2. The summed E-state index contributed by atoms with van der Waals surface area (Å²) < 4.78 is 1.04. The third-order valence-electron chi connectivity index (χ3n) is 3.60. The van der Waals surface area contributed by atoms with Gasteiger partial charge in [-0.2, -0.15) is 0 Å². The van der Waals surface area contributed by atoms with Crippen LogP contribution in [0.15, 0.2) is 46.9 Å². The number of halogens is 1. The molecule has 0 fully saturated rings. The van der Waals surface area contributed by atoms with Gasteiger partial charge in [0.25, 0.3) is 0 Å². The van der Waals surface area contributed by atoms with Crippen LogP contribution in [0.2, 0.25) is 0 Å². The van der Waals surface area contributed by atoms with Gasteiger partial charge in [0.1, 0.15) is 0 Å². The Morgan fingerprint density at radius 3 is 2.48 bits per heavy atom. The second-order valence-electron chi connectivity index (χ2n) is 5.45. The van der Waals surface area contributed by atoms with E-state index in [0.717, 1.165) is 21.2 Å². The first-order valence-electron chi connectivity index (χ1n) is 7.06. The molecule has 2 aromatic carbocycles. The zero-order valence-electron chi connectivity index (χ0n) is 12.6. The van der Waals surface area contributed by atoms with Crippen molar-refractivity contribution in [3.63, 3.8) is 0 Å². The molecule has 0 heterocycles. The van der Waals surface area contributed by atoms with Gasteiger partial charge in [0.05, 0.1) is 12.5 Å². The molecule has 0 bridgehead atoms. The first-order chi connectivity index (χ1) is 9.95. The maximum Gasteiger partial charge on any atom is 0.224 e. The number of rotatable bonds is 4. The Balaban J connectivity index is 2.01. The summed E-state index contributed by atoms with van der Waals surface area (Å²) in [6.07, 6.45) is 0.425. The molecular formula is C18H20BrNO. The molecule has 0 radical (unpaired) electrons. The van der Waals surface area contributed by atoms with Gasteiger partial charge >= 0.3 is 0 Å². The zero-order chi connectivity index (χ0) is 15.4. The van der Waals surface area contributed by atoms with Crippen molar-refractivity contribution in [2.75, 3.05) is 0 Å². The lowest BCUT2D eigenvalue weighted by Gasteiger charge is -2.15. The Bertz CT molecular complexity index is 634. The van der Waals surface area contributed by atoms with E-state index in [4.69, 9.17) is 0 Å². The number of carbonyl (C=O) groups is 1. The van der Waals surface area contributed by atoms with Gasteiger partial charge < -0.3 is 5.32 Å². The highest BCUT2D eigenvalue weighted by atomic mass is 79.9. The first kappa shape index (κ1) is 15.8. The highest BCUT2D eigenvalue weighted by molar-refractivity contribution is 9.10. The molecule has 1 N–H and O–H groups in total. The zero-order valence-corrected chi connectivity index (χ0v) is 14.2. The number of hydrogen-bond donors (Lipinski definition) is 1. The average molecular weight is 346 g/mol. The molecule has 0 aliphatic carbocycles. The summed E-state index contributed by atoms with van der Waals surface area (Å²) in [5.41, 5.74) is 4.54. The third-order valence-corrected chi connectivity index (χ3v) is 4.13. The Morgan fingerprint density at radius 2 is 1.81 bits per heavy atom. The summed E-state index contributed by atoms with van der Waals surface area (Å²) in [7, 11) is 0. The number of nitrogens with one attached hydrogen (secondary N) is 1. The fourth-order valence-electron chi connectivity index (χ4n) is 2.29. The van der Waals surface area contributed by atoms with Crippen LogP contribution in [0.5, 0.6) is 0 Å². The van der Waals surface area contributed by atoms with Crippen LogP contribution in [0.4, 0.5) is 0 Å². The molecule has 1 amide bonds. The van der Waals surface area contributed by atoms with Crippen LogP contribution in [-0.2, 0) is 11.2 Å². The van der Waals surface area contributed by atoms with Gasteiger partial charge in [0.2, 0.25) is 5.91 Å². The van der Waals surface area contributed by atoms with E-state index in [9.17, 15) is 4.79 Å². The Labute approximate surface area is 134 Å². The lowest BCUT2D eigenvalue weighted by Crippen LogP contribution is -2.28. The Kier molecular flexibility index (Phi) is 5.18. The molecule has 0 spiro atoms. The topological polar surface area (TPSA) is 29.1 Å². The molecule has 0 aromatic heterocycles. The summed E-state index contributed by atoms with van der Waals surface area (Å²) in [5.74, 6) is 0.0547. The van der Waals surface area contributed by atoms with Crippen molar-refractivity contribution in [2.24, 2.45) is 0 Å². The minimum absolute atomic E-state index is 0.00992. The van der Waals surface area contributed by atoms with Crippen molar-refractivity contribution in [3.8, 4) is 0 Å². The van der Waals surface area contributed by atoms with Crippen molar-refractivity contribution in [3.05, 3.63) is 69.2 Å². The second-order valence-corrected chi connectivity index (χ2v) is 6.36. The van der Waals surface area contributed by atoms with Crippen molar-refractivity contribution < 1.29 is 4.79 Å². The lowest BCUT2D eigenvalue weighted by atomic mass is 10.0. The van der Waals surface area contributed by atoms with Crippen LogP contribution in [-0.4, -0.2) is 5.91 Å². The van der Waals surface area contributed by atoms with Crippen LogP contribution < -0.4 is 5.32 Å². The normalized spacial score (nSPS) is 12.0. The molecule has 2 rings (SSSR count). The van der Waals surface area contributed by atoms with Gasteiger partial charge in [-0.05, 0) is 49.6 Å². The fraction of sp³-hybridized carbons (Fsp3) is 0.278. The molecule has 0 aliphatic heterocycles. The summed E-state index contributed by atoms with van der Waals surface area (Å²) in [6, 6.07) is 14.2. The van der Waals surface area contributed by atoms with E-state index in [1.807, 2.05) is 45.0 Å². The number of hydrogen-bond acceptors (Lipinski definition) is 1. The smallest absolute Gasteiger partial charge is 0.224 e. The molecule has 3 heteroatoms. The minimum Gasteiger partial charge on any atom is -0.349 e. The molecular weight excluding hydrogens is 326 g/mol. The van der Waals surface area contributed by atoms with Crippen LogP contribution in [0.3, 0.4) is 0 Å². The molecule has 2 aromatic rings. The number of aryl methyl sites for hydroxylation is 2. The maximum atomic E-state index is 12.2. The number of amides is 1. The van der Waals surface area contributed by atoms with E-state index < -0.39 is 0 Å². The van der Waals surface area contributed by atoms with E-state index in [1.165, 1.54) is 5.56 Å². The molecule has 21 heavy (non-hydrogen) atoms. The van der Waals surface area contributed by atoms with E-state index >= 15 is 0 Å². The van der Waals surface area contributed by atoms with Crippen LogP contribution in [0.1, 0.15) is 35.2 Å². The fourth-order valence-corrected chi connectivity index (χ4v) is 2.56. The van der Waals surface area contributed by atoms with Crippen LogP contribution in [0, 0.1) is 13.8 Å².